The Balaban J connectivity index is 1.52. The molecule has 0 radical (unpaired) electrons. The Bertz CT molecular complexity index is 1360. The molecule has 1 atom stereocenters. The molecule has 7 nitrogen and oxygen atoms in total. The normalized spacial score (nSPS) is 13.9. The summed E-state index contributed by atoms with van der Waals surface area (Å²) in [5.41, 5.74) is 3.42. The number of aromatic nitrogens is 4. The van der Waals surface area contributed by atoms with Gasteiger partial charge in [-0.25, -0.2) is 18.2 Å². The number of halogens is 3. The number of hydrogen-bond acceptors (Lipinski definition) is 5. The van der Waals surface area contributed by atoms with Gasteiger partial charge in [-0.2, -0.15) is 5.10 Å². The minimum Gasteiger partial charge on any atom is -0.495 e. The van der Waals surface area contributed by atoms with Crippen LogP contribution in [0.4, 0.5) is 19.0 Å². The topological polar surface area (TPSA) is 68.2 Å². The van der Waals surface area contributed by atoms with Crippen LogP contribution in [0.2, 0.25) is 0 Å². The van der Waals surface area contributed by atoms with Crippen molar-refractivity contribution in [2.75, 3.05) is 25.2 Å². The molecule has 0 aliphatic carbocycles. The summed E-state index contributed by atoms with van der Waals surface area (Å²) >= 11 is 0. The molecule has 0 amide bonds. The van der Waals surface area contributed by atoms with Crippen molar-refractivity contribution >= 4 is 5.82 Å². The van der Waals surface area contributed by atoms with Gasteiger partial charge in [0, 0.05) is 11.8 Å². The van der Waals surface area contributed by atoms with Gasteiger partial charge >= 0.3 is 0 Å². The Morgan fingerprint density at radius 1 is 1.17 bits per heavy atom. The highest BCUT2D eigenvalue weighted by Crippen LogP contribution is 2.43. The quantitative estimate of drug-likeness (QED) is 0.375. The first-order valence-electron chi connectivity index (χ1n) is 11.2. The summed E-state index contributed by atoms with van der Waals surface area (Å²) in [5.74, 6) is -2.14. The smallest absolute Gasteiger partial charge is 0.194 e. The molecule has 1 aliphatic rings. The zero-order chi connectivity index (χ0) is 24.7. The molecule has 3 heterocycles. The number of aryl methyl sites for hydroxylation is 1. The van der Waals surface area contributed by atoms with Crippen LogP contribution in [0.3, 0.4) is 0 Å². The summed E-state index contributed by atoms with van der Waals surface area (Å²) in [6, 6.07) is 7.37. The Morgan fingerprint density at radius 2 is 1.94 bits per heavy atom. The van der Waals surface area contributed by atoms with Crippen LogP contribution in [0, 0.1) is 24.4 Å². The van der Waals surface area contributed by atoms with E-state index in [1.807, 2.05) is 47.7 Å². The standard InChI is InChI=1S/C25H24F3N5O2/c1-4-19(16-9-17(26)22(28)18(27)10-16)33-7-8-35-24-23(30-31-25(24)33)15-5-6-20(21(11-15)34-3)32-12-14(2)29-13-32/h5-6,9-13,19H,4,7-8H2,1-3H3,(H,30,31). The number of methoxy groups -OCH3 is 1. The maximum absolute atomic E-state index is 14.0. The summed E-state index contributed by atoms with van der Waals surface area (Å²) in [7, 11) is 1.59. The third kappa shape index (κ3) is 3.98. The number of H-pyrrole nitrogens is 1. The lowest BCUT2D eigenvalue weighted by Crippen LogP contribution is -2.36. The number of fused-ring (bicyclic) bond motifs is 1. The van der Waals surface area contributed by atoms with Gasteiger partial charge in [-0.05, 0) is 43.2 Å². The molecule has 0 bridgehead atoms. The van der Waals surface area contributed by atoms with Gasteiger partial charge in [0.15, 0.2) is 29.0 Å². The number of benzene rings is 2. The van der Waals surface area contributed by atoms with Crippen LogP contribution in [0.15, 0.2) is 42.9 Å². The van der Waals surface area contributed by atoms with Gasteiger partial charge in [0.25, 0.3) is 0 Å². The van der Waals surface area contributed by atoms with E-state index in [2.05, 4.69) is 15.2 Å². The first-order valence-corrected chi connectivity index (χ1v) is 11.2. The lowest BCUT2D eigenvalue weighted by atomic mass is 10.0. The van der Waals surface area contributed by atoms with Crippen LogP contribution in [0.25, 0.3) is 16.9 Å². The van der Waals surface area contributed by atoms with Crippen molar-refractivity contribution in [1.29, 1.82) is 0 Å². The van der Waals surface area contributed by atoms with Crippen molar-refractivity contribution in [3.05, 3.63) is 71.6 Å². The van der Waals surface area contributed by atoms with Crippen LogP contribution in [-0.2, 0) is 0 Å². The van der Waals surface area contributed by atoms with Crippen LogP contribution in [-0.4, -0.2) is 40.0 Å². The van der Waals surface area contributed by atoms with Gasteiger partial charge < -0.3 is 18.9 Å². The average Bonchev–Trinajstić information content (AvgIpc) is 3.49. The van der Waals surface area contributed by atoms with Crippen LogP contribution >= 0.6 is 0 Å². The molecule has 1 N–H and O–H groups in total. The summed E-state index contributed by atoms with van der Waals surface area (Å²) in [6.07, 6.45) is 4.16. The van der Waals surface area contributed by atoms with Crippen LogP contribution in [0.5, 0.6) is 11.5 Å². The number of nitrogens with zero attached hydrogens (tertiary/aromatic N) is 4. The van der Waals surface area contributed by atoms with E-state index in [0.29, 0.717) is 48.1 Å². The van der Waals surface area contributed by atoms with Gasteiger partial charge in [-0.3, -0.25) is 5.10 Å². The van der Waals surface area contributed by atoms with E-state index in [9.17, 15) is 13.2 Å². The minimum atomic E-state index is -1.47. The molecule has 10 heteroatoms. The second-order valence-electron chi connectivity index (χ2n) is 8.32. The molecule has 1 unspecified atom stereocenters. The second-order valence-corrected chi connectivity index (χ2v) is 8.32. The van der Waals surface area contributed by atoms with E-state index >= 15 is 0 Å². The van der Waals surface area contributed by atoms with Gasteiger partial charge in [-0.1, -0.05) is 13.0 Å². The lowest BCUT2D eigenvalue weighted by molar-refractivity contribution is 0.300. The predicted octanol–water partition coefficient (Wildman–Crippen LogP) is 5.35. The summed E-state index contributed by atoms with van der Waals surface area (Å²) in [6.45, 7) is 4.63. The van der Waals surface area contributed by atoms with Crippen molar-refractivity contribution in [3.8, 4) is 28.4 Å². The largest absolute Gasteiger partial charge is 0.495 e. The fraction of sp³-hybridized carbons (Fsp3) is 0.280. The van der Waals surface area contributed by atoms with Crippen LogP contribution in [0.1, 0.15) is 30.6 Å². The lowest BCUT2D eigenvalue weighted by Gasteiger charge is -2.35. The molecule has 4 aromatic rings. The zero-order valence-electron chi connectivity index (χ0n) is 19.5. The maximum atomic E-state index is 14.0. The molecule has 0 spiro atoms. The SMILES string of the molecule is CCC(c1cc(F)c(F)c(F)c1)N1CCOc2c(-c3ccc(-n4cnc(C)c4)c(OC)c3)n[nH]c21. The van der Waals surface area contributed by atoms with Gasteiger partial charge in [-0.15, -0.1) is 0 Å². The summed E-state index contributed by atoms with van der Waals surface area (Å²) < 4.78 is 54.9. The van der Waals surface area contributed by atoms with Crippen molar-refractivity contribution in [2.45, 2.75) is 26.3 Å². The van der Waals surface area contributed by atoms with E-state index < -0.39 is 23.5 Å². The monoisotopic (exact) mass is 483 g/mol. The number of rotatable bonds is 6. The maximum Gasteiger partial charge on any atom is 0.194 e. The second kappa shape index (κ2) is 9.01. The van der Waals surface area contributed by atoms with E-state index in [0.717, 1.165) is 29.1 Å². The highest BCUT2D eigenvalue weighted by molar-refractivity contribution is 5.76. The fourth-order valence-electron chi connectivity index (χ4n) is 4.51. The molecule has 2 aromatic heterocycles. The van der Waals surface area contributed by atoms with E-state index in [1.54, 1.807) is 13.4 Å². The highest BCUT2D eigenvalue weighted by atomic mass is 19.2. The summed E-state index contributed by atoms with van der Waals surface area (Å²) in [5, 5.41) is 7.51. The Kier molecular flexibility index (Phi) is 5.88. The minimum absolute atomic E-state index is 0.342. The van der Waals surface area contributed by atoms with E-state index in [4.69, 9.17) is 9.47 Å². The van der Waals surface area contributed by atoms with Crippen molar-refractivity contribution in [3.63, 3.8) is 0 Å². The summed E-state index contributed by atoms with van der Waals surface area (Å²) in [4.78, 5) is 6.21. The van der Waals surface area contributed by atoms with E-state index in [1.165, 1.54) is 0 Å². The molecule has 1 aliphatic heterocycles. The van der Waals surface area contributed by atoms with E-state index in [-0.39, 0.29) is 0 Å². The number of anilines is 1. The Hall–Kier alpha value is -3.95. The molecule has 0 saturated heterocycles. The fourth-order valence-corrected chi connectivity index (χ4v) is 4.51. The van der Waals surface area contributed by atoms with Crippen molar-refractivity contribution in [2.24, 2.45) is 0 Å². The number of nitrogens with one attached hydrogen (secondary N) is 1. The number of ether oxygens (including phenoxy) is 2. The van der Waals surface area contributed by atoms with Crippen LogP contribution < -0.4 is 14.4 Å². The third-order valence-corrected chi connectivity index (χ3v) is 6.17. The number of hydrogen-bond donors (Lipinski definition) is 1. The van der Waals surface area contributed by atoms with Crippen molar-refractivity contribution < 1.29 is 22.6 Å². The Labute approximate surface area is 200 Å². The molecule has 5 rings (SSSR count). The molecule has 182 valence electrons. The first-order chi connectivity index (χ1) is 16.9. The molecular formula is C25H24F3N5O2. The predicted molar refractivity (Wildman–Crippen MR) is 125 cm³/mol. The Morgan fingerprint density at radius 3 is 2.60 bits per heavy atom. The number of imidazole rings is 1. The molecule has 0 fully saturated rings. The zero-order valence-corrected chi connectivity index (χ0v) is 19.5. The third-order valence-electron chi connectivity index (χ3n) is 6.17. The first kappa shape index (κ1) is 22.8. The molecule has 0 saturated carbocycles. The van der Waals surface area contributed by atoms with Gasteiger partial charge in [0.05, 0.1) is 37.4 Å². The van der Waals surface area contributed by atoms with Gasteiger partial charge in [0.2, 0.25) is 0 Å². The van der Waals surface area contributed by atoms with Gasteiger partial charge in [0.1, 0.15) is 18.1 Å². The average molecular weight is 483 g/mol. The molecule has 35 heavy (non-hydrogen) atoms. The highest BCUT2D eigenvalue weighted by Gasteiger charge is 2.31. The van der Waals surface area contributed by atoms with Crippen molar-refractivity contribution in [1.82, 2.24) is 19.7 Å². The molecular weight excluding hydrogens is 459 g/mol. The number of aromatic amines is 1. The molecule has 2 aromatic carbocycles.